The van der Waals surface area contributed by atoms with E-state index in [0.29, 0.717) is 4.75 Å². The fourth-order valence-electron chi connectivity index (χ4n) is 1.24. The summed E-state index contributed by atoms with van der Waals surface area (Å²) in [5.41, 5.74) is 7.34. The van der Waals surface area contributed by atoms with Gasteiger partial charge < -0.3 is 5.73 Å². The molecule has 1 unspecified atom stereocenters. The first-order valence-corrected chi connectivity index (χ1v) is 6.24. The van der Waals surface area contributed by atoms with Crippen molar-refractivity contribution in [1.82, 2.24) is 4.98 Å². The minimum atomic E-state index is 0.233. The quantitative estimate of drug-likeness (QED) is 0.854. The summed E-state index contributed by atoms with van der Waals surface area (Å²) < 4.78 is 0.301. The van der Waals surface area contributed by atoms with Gasteiger partial charge in [0.2, 0.25) is 0 Å². The topological polar surface area (TPSA) is 38.9 Å². The summed E-state index contributed by atoms with van der Waals surface area (Å²) in [6, 6.07) is 4.29. The monoisotopic (exact) mass is 224 g/mol. The van der Waals surface area contributed by atoms with E-state index in [2.05, 4.69) is 25.8 Å². The van der Waals surface area contributed by atoms with Crippen LogP contribution in [0, 0.1) is 0 Å². The van der Waals surface area contributed by atoms with E-state index in [1.165, 1.54) is 5.56 Å². The van der Waals surface area contributed by atoms with Gasteiger partial charge in [-0.3, -0.25) is 4.98 Å². The first-order valence-electron chi connectivity index (χ1n) is 5.26. The maximum Gasteiger partial charge on any atom is 0.0270 e. The molecule has 0 saturated heterocycles. The summed E-state index contributed by atoms with van der Waals surface area (Å²) in [5, 5.41) is 0. The molecule has 1 rings (SSSR count). The summed E-state index contributed by atoms with van der Waals surface area (Å²) in [5.74, 6) is 1.01. The van der Waals surface area contributed by atoms with Crippen molar-refractivity contribution in [2.75, 3.05) is 5.75 Å². The zero-order valence-electron chi connectivity index (χ0n) is 9.73. The molecule has 0 aliphatic carbocycles. The fourth-order valence-corrected chi connectivity index (χ4v) is 2.07. The van der Waals surface area contributed by atoms with Crippen molar-refractivity contribution in [2.24, 2.45) is 5.73 Å². The summed E-state index contributed by atoms with van der Waals surface area (Å²) in [6.07, 6.45) is 4.57. The van der Waals surface area contributed by atoms with Crippen molar-refractivity contribution in [1.29, 1.82) is 0 Å². The third kappa shape index (κ3) is 5.80. The Hall–Kier alpha value is -0.540. The molecule has 1 aromatic heterocycles. The highest BCUT2D eigenvalue weighted by Crippen LogP contribution is 2.23. The fraction of sp³-hybridized carbons (Fsp3) is 0.583. The van der Waals surface area contributed by atoms with Gasteiger partial charge in [0.15, 0.2) is 0 Å². The number of nitrogens with zero attached hydrogens (tertiary/aromatic N) is 1. The lowest BCUT2D eigenvalue weighted by molar-refractivity contribution is 0.733. The molecule has 1 aromatic rings. The Morgan fingerprint density at radius 2 is 1.93 bits per heavy atom. The number of hydrogen-bond donors (Lipinski definition) is 1. The lowest BCUT2D eigenvalue weighted by atomic mass is 10.1. The third-order valence-electron chi connectivity index (χ3n) is 1.98. The average molecular weight is 224 g/mol. The van der Waals surface area contributed by atoms with Crippen LogP contribution in [0.15, 0.2) is 24.5 Å². The first kappa shape index (κ1) is 12.5. The molecule has 2 N–H and O–H groups in total. The van der Waals surface area contributed by atoms with Crippen molar-refractivity contribution in [3.63, 3.8) is 0 Å². The van der Waals surface area contributed by atoms with Crippen LogP contribution < -0.4 is 5.73 Å². The second-order valence-corrected chi connectivity index (χ2v) is 6.59. The molecule has 2 nitrogen and oxygen atoms in total. The van der Waals surface area contributed by atoms with Crippen LogP contribution in [0.4, 0.5) is 0 Å². The van der Waals surface area contributed by atoms with Gasteiger partial charge in [0.05, 0.1) is 0 Å². The Labute approximate surface area is 96.7 Å². The molecule has 0 aliphatic heterocycles. The standard InChI is InChI=1S/C12H20N2S/c1-12(2,3)15-9-11(13)8-10-4-6-14-7-5-10/h4-7,11H,8-9,13H2,1-3H3. The highest BCUT2D eigenvalue weighted by molar-refractivity contribution is 8.00. The number of thioether (sulfide) groups is 1. The molecule has 0 radical (unpaired) electrons. The molecule has 1 atom stereocenters. The predicted octanol–water partition coefficient (Wildman–Crippen LogP) is 2.48. The Morgan fingerprint density at radius 3 is 2.47 bits per heavy atom. The van der Waals surface area contributed by atoms with E-state index < -0.39 is 0 Å². The largest absolute Gasteiger partial charge is 0.327 e. The summed E-state index contributed by atoms with van der Waals surface area (Å²) in [6.45, 7) is 6.66. The van der Waals surface area contributed by atoms with Crippen molar-refractivity contribution in [3.8, 4) is 0 Å². The molecule has 3 heteroatoms. The first-order chi connectivity index (χ1) is 6.97. The Balaban J connectivity index is 2.34. The number of hydrogen-bond acceptors (Lipinski definition) is 3. The minimum Gasteiger partial charge on any atom is -0.327 e. The van der Waals surface area contributed by atoms with Crippen molar-refractivity contribution < 1.29 is 0 Å². The van der Waals surface area contributed by atoms with Crippen LogP contribution in [0.1, 0.15) is 26.3 Å². The van der Waals surface area contributed by atoms with Crippen LogP contribution in [0.2, 0.25) is 0 Å². The van der Waals surface area contributed by atoms with E-state index in [1.54, 1.807) is 0 Å². The molecule has 0 bridgehead atoms. The van der Waals surface area contributed by atoms with E-state index in [0.717, 1.165) is 12.2 Å². The van der Waals surface area contributed by atoms with E-state index in [1.807, 2.05) is 36.3 Å². The number of pyridine rings is 1. The molecule has 0 saturated carbocycles. The van der Waals surface area contributed by atoms with Crippen molar-refractivity contribution in [3.05, 3.63) is 30.1 Å². The minimum absolute atomic E-state index is 0.233. The summed E-state index contributed by atoms with van der Waals surface area (Å²) in [4.78, 5) is 3.99. The van der Waals surface area contributed by atoms with E-state index in [4.69, 9.17) is 5.73 Å². The molecule has 15 heavy (non-hydrogen) atoms. The highest BCUT2D eigenvalue weighted by atomic mass is 32.2. The maximum absolute atomic E-state index is 6.07. The zero-order chi connectivity index (χ0) is 11.3. The van der Waals surface area contributed by atoms with Gasteiger partial charge in [-0.2, -0.15) is 11.8 Å². The summed E-state index contributed by atoms with van der Waals surface area (Å²) >= 11 is 1.92. The van der Waals surface area contributed by atoms with Gasteiger partial charge >= 0.3 is 0 Å². The molecular weight excluding hydrogens is 204 g/mol. The maximum atomic E-state index is 6.07. The van der Waals surface area contributed by atoms with Crippen LogP contribution in [0.25, 0.3) is 0 Å². The SMILES string of the molecule is CC(C)(C)SCC(N)Cc1ccncc1. The zero-order valence-corrected chi connectivity index (χ0v) is 10.6. The van der Waals surface area contributed by atoms with Gasteiger partial charge in [0.1, 0.15) is 0 Å². The number of aromatic nitrogens is 1. The van der Waals surface area contributed by atoms with Gasteiger partial charge in [0.25, 0.3) is 0 Å². The van der Waals surface area contributed by atoms with Gasteiger partial charge in [-0.05, 0) is 24.1 Å². The van der Waals surface area contributed by atoms with Crippen LogP contribution in [-0.4, -0.2) is 21.5 Å². The third-order valence-corrected chi connectivity index (χ3v) is 3.44. The van der Waals surface area contributed by atoms with Gasteiger partial charge in [-0.15, -0.1) is 0 Å². The van der Waals surface area contributed by atoms with Crippen LogP contribution >= 0.6 is 11.8 Å². The van der Waals surface area contributed by atoms with Crippen molar-refractivity contribution >= 4 is 11.8 Å². The Morgan fingerprint density at radius 1 is 1.33 bits per heavy atom. The van der Waals surface area contributed by atoms with Crippen LogP contribution in [0.3, 0.4) is 0 Å². The second-order valence-electron chi connectivity index (χ2n) is 4.74. The molecule has 0 aliphatic rings. The number of nitrogens with two attached hydrogens (primary N) is 1. The van der Waals surface area contributed by atoms with Crippen LogP contribution in [0.5, 0.6) is 0 Å². The molecular formula is C12H20N2S. The van der Waals surface area contributed by atoms with Gasteiger partial charge in [-0.25, -0.2) is 0 Å². The molecule has 0 aromatic carbocycles. The number of rotatable bonds is 4. The lowest BCUT2D eigenvalue weighted by Crippen LogP contribution is -2.27. The second kappa shape index (κ2) is 5.52. The van der Waals surface area contributed by atoms with E-state index >= 15 is 0 Å². The summed E-state index contributed by atoms with van der Waals surface area (Å²) in [7, 11) is 0. The highest BCUT2D eigenvalue weighted by Gasteiger charge is 2.13. The average Bonchev–Trinajstić information content (AvgIpc) is 2.15. The van der Waals surface area contributed by atoms with Gasteiger partial charge in [0, 0.05) is 28.9 Å². The molecule has 0 spiro atoms. The van der Waals surface area contributed by atoms with Gasteiger partial charge in [-0.1, -0.05) is 20.8 Å². The van der Waals surface area contributed by atoms with E-state index in [9.17, 15) is 0 Å². The lowest BCUT2D eigenvalue weighted by Gasteiger charge is -2.20. The molecule has 0 amide bonds. The molecule has 84 valence electrons. The molecule has 1 heterocycles. The smallest absolute Gasteiger partial charge is 0.0270 e. The Kier molecular flexibility index (Phi) is 4.61. The molecule has 0 fully saturated rings. The van der Waals surface area contributed by atoms with E-state index in [-0.39, 0.29) is 6.04 Å². The Bertz CT molecular complexity index is 279. The predicted molar refractivity (Wildman–Crippen MR) is 68.1 cm³/mol. The van der Waals surface area contributed by atoms with Crippen molar-refractivity contribution in [2.45, 2.75) is 38.0 Å². The normalized spacial score (nSPS) is 13.9. The van der Waals surface area contributed by atoms with Crippen LogP contribution in [-0.2, 0) is 6.42 Å².